The zero-order valence-electron chi connectivity index (χ0n) is 9.77. The Labute approximate surface area is 111 Å². The predicted molar refractivity (Wildman–Crippen MR) is 75.5 cm³/mol. The molecule has 1 atom stereocenters. The van der Waals surface area contributed by atoms with Crippen LogP contribution in [0.4, 0.5) is 0 Å². The van der Waals surface area contributed by atoms with Crippen LogP contribution in [-0.2, 0) is 0 Å². The topological polar surface area (TPSA) is 9.23 Å². The molecule has 0 saturated heterocycles. The smallest absolute Gasteiger partial charge is 0.153 e. The quantitative estimate of drug-likeness (QED) is 0.731. The average Bonchev–Trinajstić information content (AvgIpc) is 2.40. The molecule has 2 aromatic carbocycles. The van der Waals surface area contributed by atoms with E-state index in [1.807, 2.05) is 30.3 Å². The molecule has 0 bridgehead atoms. The second-order valence-corrected chi connectivity index (χ2v) is 4.85. The highest BCUT2D eigenvalue weighted by Crippen LogP contribution is 2.25. The van der Waals surface area contributed by atoms with E-state index in [0.717, 1.165) is 12.2 Å². The summed E-state index contributed by atoms with van der Waals surface area (Å²) in [5.41, 5.74) is 2.39. The minimum absolute atomic E-state index is 0.0773. The van der Waals surface area contributed by atoms with E-state index < -0.39 is 0 Å². The van der Waals surface area contributed by atoms with E-state index >= 15 is 0 Å². The fourth-order valence-electron chi connectivity index (χ4n) is 1.61. The molecule has 0 aromatic heterocycles. The monoisotopic (exact) mass is 290 g/mol. The molecule has 0 amide bonds. The van der Waals surface area contributed by atoms with Crippen molar-refractivity contribution in [3.05, 3.63) is 54.6 Å². The van der Waals surface area contributed by atoms with Crippen LogP contribution in [0.3, 0.4) is 0 Å². The minimum Gasteiger partial charge on any atom is -0.479 e. The van der Waals surface area contributed by atoms with Crippen molar-refractivity contribution in [1.29, 1.82) is 0 Å². The Kier molecular flexibility index (Phi) is 4.21. The van der Waals surface area contributed by atoms with Gasteiger partial charge in [-0.3, -0.25) is 0 Å². The van der Waals surface area contributed by atoms with E-state index in [1.165, 1.54) is 11.1 Å². The van der Waals surface area contributed by atoms with Crippen LogP contribution < -0.4 is 4.74 Å². The summed E-state index contributed by atoms with van der Waals surface area (Å²) in [6, 6.07) is 18.5. The molecular weight excluding hydrogens is 276 g/mol. The van der Waals surface area contributed by atoms with Crippen LogP contribution in [0.5, 0.6) is 5.75 Å². The summed E-state index contributed by atoms with van der Waals surface area (Å²) < 4.78 is 5.74. The molecule has 0 saturated carbocycles. The fourth-order valence-corrected chi connectivity index (χ4v) is 1.83. The van der Waals surface area contributed by atoms with Crippen molar-refractivity contribution in [3.63, 3.8) is 0 Å². The molecule has 2 heteroatoms. The van der Waals surface area contributed by atoms with Crippen molar-refractivity contribution in [2.75, 3.05) is 0 Å². The summed E-state index contributed by atoms with van der Waals surface area (Å²) in [4.78, 5) is 0. The van der Waals surface area contributed by atoms with Gasteiger partial charge in [-0.2, -0.15) is 0 Å². The zero-order valence-corrected chi connectivity index (χ0v) is 11.4. The van der Waals surface area contributed by atoms with Gasteiger partial charge in [0.1, 0.15) is 5.75 Å². The summed E-state index contributed by atoms with van der Waals surface area (Å²) in [5.74, 6) is 0.898. The molecular formula is C15H15BrO. The molecule has 0 N–H and O–H groups in total. The summed E-state index contributed by atoms with van der Waals surface area (Å²) >= 11 is 3.47. The van der Waals surface area contributed by atoms with Crippen molar-refractivity contribution in [2.45, 2.75) is 18.4 Å². The lowest BCUT2D eigenvalue weighted by Crippen LogP contribution is -2.05. The highest BCUT2D eigenvalue weighted by molar-refractivity contribution is 9.09. The standard InChI is InChI=1S/C15H15BrO/c1-2-15(16)17-14-10-6-9-13(11-14)12-7-4-3-5-8-12/h3-11,15H,2H2,1H3. The molecule has 2 aromatic rings. The molecule has 0 aliphatic carbocycles. The van der Waals surface area contributed by atoms with Crippen LogP contribution in [0.2, 0.25) is 0 Å². The molecule has 88 valence electrons. The van der Waals surface area contributed by atoms with E-state index in [1.54, 1.807) is 0 Å². The van der Waals surface area contributed by atoms with Crippen molar-refractivity contribution >= 4 is 15.9 Å². The van der Waals surface area contributed by atoms with Crippen molar-refractivity contribution in [2.24, 2.45) is 0 Å². The first-order valence-corrected chi connectivity index (χ1v) is 6.67. The first-order valence-electron chi connectivity index (χ1n) is 5.76. The second kappa shape index (κ2) is 5.87. The van der Waals surface area contributed by atoms with Crippen LogP contribution in [0.15, 0.2) is 54.6 Å². The lowest BCUT2D eigenvalue weighted by atomic mass is 10.1. The third kappa shape index (κ3) is 3.34. The summed E-state index contributed by atoms with van der Waals surface area (Å²) in [5, 5.41) is 0.0773. The summed E-state index contributed by atoms with van der Waals surface area (Å²) in [6.45, 7) is 2.08. The summed E-state index contributed by atoms with van der Waals surface area (Å²) in [6.07, 6.45) is 0.940. The lowest BCUT2D eigenvalue weighted by molar-refractivity contribution is 0.290. The Morgan fingerprint density at radius 2 is 1.71 bits per heavy atom. The third-order valence-electron chi connectivity index (χ3n) is 2.53. The molecule has 0 spiro atoms. The second-order valence-electron chi connectivity index (χ2n) is 3.83. The van der Waals surface area contributed by atoms with Crippen LogP contribution in [0.25, 0.3) is 11.1 Å². The molecule has 0 aliphatic rings. The number of benzene rings is 2. The Hall–Kier alpha value is -1.28. The normalized spacial score (nSPS) is 12.1. The summed E-state index contributed by atoms with van der Waals surface area (Å²) in [7, 11) is 0. The maximum Gasteiger partial charge on any atom is 0.153 e. The van der Waals surface area contributed by atoms with Gasteiger partial charge >= 0.3 is 0 Å². The van der Waals surface area contributed by atoms with Gasteiger partial charge in [0.25, 0.3) is 0 Å². The van der Waals surface area contributed by atoms with Crippen molar-refractivity contribution < 1.29 is 4.74 Å². The van der Waals surface area contributed by atoms with Crippen molar-refractivity contribution in [1.82, 2.24) is 0 Å². The largest absolute Gasteiger partial charge is 0.479 e. The van der Waals surface area contributed by atoms with Gasteiger partial charge in [0.15, 0.2) is 5.01 Å². The molecule has 0 fully saturated rings. The van der Waals surface area contributed by atoms with Gasteiger partial charge in [-0.05, 0) is 45.6 Å². The maximum atomic E-state index is 5.74. The Morgan fingerprint density at radius 1 is 1.00 bits per heavy atom. The number of hydrogen-bond acceptors (Lipinski definition) is 1. The SMILES string of the molecule is CCC(Br)Oc1cccc(-c2ccccc2)c1. The Balaban J connectivity index is 2.23. The fraction of sp³-hybridized carbons (Fsp3) is 0.200. The Morgan fingerprint density at radius 3 is 2.41 bits per heavy atom. The number of hydrogen-bond donors (Lipinski definition) is 0. The van der Waals surface area contributed by atoms with E-state index in [0.29, 0.717) is 0 Å². The number of alkyl halides is 1. The molecule has 2 rings (SSSR count). The van der Waals surface area contributed by atoms with Crippen LogP contribution in [0.1, 0.15) is 13.3 Å². The predicted octanol–water partition coefficient (Wildman–Crippen LogP) is 4.86. The molecule has 0 radical (unpaired) electrons. The zero-order chi connectivity index (χ0) is 12.1. The van der Waals surface area contributed by atoms with E-state index in [9.17, 15) is 0 Å². The molecule has 0 heterocycles. The Bertz CT molecular complexity index is 467. The van der Waals surface area contributed by atoms with Gasteiger partial charge in [0.05, 0.1) is 0 Å². The van der Waals surface area contributed by atoms with Crippen molar-refractivity contribution in [3.8, 4) is 16.9 Å². The van der Waals surface area contributed by atoms with Crippen LogP contribution in [-0.4, -0.2) is 5.01 Å². The van der Waals surface area contributed by atoms with Gasteiger partial charge in [0, 0.05) is 0 Å². The van der Waals surface area contributed by atoms with E-state index in [4.69, 9.17) is 4.74 Å². The highest BCUT2D eigenvalue weighted by atomic mass is 79.9. The van der Waals surface area contributed by atoms with Crippen LogP contribution in [0, 0.1) is 0 Å². The highest BCUT2D eigenvalue weighted by Gasteiger charge is 2.04. The number of ether oxygens (including phenoxy) is 1. The number of halogens is 1. The molecule has 0 aliphatic heterocycles. The number of rotatable bonds is 4. The minimum atomic E-state index is 0.0773. The molecule has 1 nitrogen and oxygen atoms in total. The van der Waals surface area contributed by atoms with Gasteiger partial charge in [-0.15, -0.1) is 0 Å². The van der Waals surface area contributed by atoms with Gasteiger partial charge < -0.3 is 4.74 Å². The van der Waals surface area contributed by atoms with E-state index in [-0.39, 0.29) is 5.01 Å². The van der Waals surface area contributed by atoms with Gasteiger partial charge in [0.2, 0.25) is 0 Å². The van der Waals surface area contributed by atoms with Crippen LogP contribution >= 0.6 is 15.9 Å². The maximum absolute atomic E-state index is 5.74. The first kappa shape index (κ1) is 12.2. The lowest BCUT2D eigenvalue weighted by Gasteiger charge is -2.12. The molecule has 1 unspecified atom stereocenters. The average molecular weight is 291 g/mol. The third-order valence-corrected chi connectivity index (χ3v) is 3.36. The van der Waals surface area contributed by atoms with Gasteiger partial charge in [-0.1, -0.05) is 49.4 Å². The first-order chi connectivity index (χ1) is 8.29. The molecule has 17 heavy (non-hydrogen) atoms. The van der Waals surface area contributed by atoms with E-state index in [2.05, 4.69) is 47.1 Å². The van der Waals surface area contributed by atoms with Gasteiger partial charge in [-0.25, -0.2) is 0 Å².